The van der Waals surface area contributed by atoms with Crippen molar-refractivity contribution in [3.8, 4) is 0 Å². The Balaban J connectivity index is 2.03. The molecule has 1 aromatic rings. The summed E-state index contributed by atoms with van der Waals surface area (Å²) in [5.74, 6) is -2.33. The molecule has 3 N–H and O–H groups in total. The van der Waals surface area contributed by atoms with Crippen LogP contribution in [-0.4, -0.2) is 40.8 Å². The number of rotatable bonds is 5. The SMILES string of the molecule is O=C(O)CCC(NC(=O)N1CCc2ccccc21)C(=O)O. The first-order chi connectivity index (χ1) is 9.99. The van der Waals surface area contributed by atoms with Crippen LogP contribution in [0.5, 0.6) is 0 Å². The fraction of sp³-hybridized carbons (Fsp3) is 0.357. The predicted molar refractivity (Wildman–Crippen MR) is 74.3 cm³/mol. The van der Waals surface area contributed by atoms with E-state index in [0.717, 1.165) is 17.7 Å². The number of anilines is 1. The number of nitrogens with zero attached hydrogens (tertiary/aromatic N) is 1. The van der Waals surface area contributed by atoms with E-state index in [-0.39, 0.29) is 12.8 Å². The molecule has 0 aromatic heterocycles. The fourth-order valence-corrected chi connectivity index (χ4v) is 2.30. The minimum Gasteiger partial charge on any atom is -0.481 e. The van der Waals surface area contributed by atoms with E-state index in [2.05, 4.69) is 5.32 Å². The summed E-state index contributed by atoms with van der Waals surface area (Å²) in [5, 5.41) is 20.0. The minimum absolute atomic E-state index is 0.147. The summed E-state index contributed by atoms with van der Waals surface area (Å²) in [6, 6.07) is 5.69. The van der Waals surface area contributed by atoms with Crippen LogP contribution in [0.1, 0.15) is 18.4 Å². The lowest BCUT2D eigenvalue weighted by atomic mass is 10.1. The van der Waals surface area contributed by atoms with Crippen LogP contribution in [0, 0.1) is 0 Å². The molecule has 7 nitrogen and oxygen atoms in total. The third-order valence-electron chi connectivity index (χ3n) is 3.37. The average molecular weight is 292 g/mol. The molecule has 1 unspecified atom stereocenters. The van der Waals surface area contributed by atoms with E-state index >= 15 is 0 Å². The highest BCUT2D eigenvalue weighted by atomic mass is 16.4. The van der Waals surface area contributed by atoms with Crippen LogP contribution in [-0.2, 0) is 16.0 Å². The molecule has 112 valence electrons. The monoisotopic (exact) mass is 292 g/mol. The Bertz CT molecular complexity index is 572. The Morgan fingerprint density at radius 3 is 2.62 bits per heavy atom. The van der Waals surface area contributed by atoms with Gasteiger partial charge >= 0.3 is 18.0 Å². The van der Waals surface area contributed by atoms with Crippen molar-refractivity contribution < 1.29 is 24.6 Å². The molecular weight excluding hydrogens is 276 g/mol. The summed E-state index contributed by atoms with van der Waals surface area (Å²) in [5.41, 5.74) is 1.79. The summed E-state index contributed by atoms with van der Waals surface area (Å²) in [6.07, 6.45) is 0.260. The highest BCUT2D eigenvalue weighted by Crippen LogP contribution is 2.27. The molecule has 1 heterocycles. The Morgan fingerprint density at radius 2 is 1.95 bits per heavy atom. The van der Waals surface area contributed by atoms with Gasteiger partial charge in [-0.1, -0.05) is 18.2 Å². The number of para-hydroxylation sites is 1. The Hall–Kier alpha value is -2.57. The summed E-state index contributed by atoms with van der Waals surface area (Å²) in [7, 11) is 0. The van der Waals surface area contributed by atoms with E-state index in [0.29, 0.717) is 6.54 Å². The highest BCUT2D eigenvalue weighted by Gasteiger charge is 2.28. The van der Waals surface area contributed by atoms with Gasteiger partial charge in [0.05, 0.1) is 0 Å². The summed E-state index contributed by atoms with van der Waals surface area (Å²) >= 11 is 0. The zero-order valence-corrected chi connectivity index (χ0v) is 11.3. The number of hydrogen-bond donors (Lipinski definition) is 3. The number of urea groups is 1. The summed E-state index contributed by atoms with van der Waals surface area (Å²) in [6.45, 7) is 0.483. The third-order valence-corrected chi connectivity index (χ3v) is 3.37. The number of carboxylic acid groups (broad SMARTS) is 2. The maximum absolute atomic E-state index is 12.2. The van der Waals surface area contributed by atoms with Crippen molar-refractivity contribution in [1.29, 1.82) is 0 Å². The molecule has 1 atom stereocenters. The normalized spacial score (nSPS) is 14.4. The molecule has 0 bridgehead atoms. The number of carbonyl (C=O) groups excluding carboxylic acids is 1. The van der Waals surface area contributed by atoms with Gasteiger partial charge in [0.25, 0.3) is 0 Å². The second-order valence-electron chi connectivity index (χ2n) is 4.80. The van der Waals surface area contributed by atoms with Gasteiger partial charge in [-0.3, -0.25) is 9.69 Å². The highest BCUT2D eigenvalue weighted by molar-refractivity contribution is 5.96. The molecule has 7 heteroatoms. The molecule has 21 heavy (non-hydrogen) atoms. The van der Waals surface area contributed by atoms with Gasteiger partial charge in [0, 0.05) is 18.7 Å². The first-order valence-corrected chi connectivity index (χ1v) is 6.59. The van der Waals surface area contributed by atoms with Crippen LogP contribution in [0.3, 0.4) is 0 Å². The van der Waals surface area contributed by atoms with Crippen LogP contribution in [0.25, 0.3) is 0 Å². The number of carbonyl (C=O) groups is 3. The lowest BCUT2D eigenvalue weighted by Crippen LogP contribution is -2.47. The van der Waals surface area contributed by atoms with Crippen LogP contribution in [0.4, 0.5) is 10.5 Å². The first-order valence-electron chi connectivity index (χ1n) is 6.59. The quantitative estimate of drug-likeness (QED) is 0.752. The Morgan fingerprint density at radius 1 is 1.24 bits per heavy atom. The van der Waals surface area contributed by atoms with E-state index < -0.39 is 24.0 Å². The summed E-state index contributed by atoms with van der Waals surface area (Å²) in [4.78, 5) is 35.2. The van der Waals surface area contributed by atoms with Gasteiger partial charge in [-0.05, 0) is 24.5 Å². The molecule has 0 fully saturated rings. The molecule has 0 radical (unpaired) electrons. The predicted octanol–water partition coefficient (Wildman–Crippen LogP) is 1.08. The van der Waals surface area contributed by atoms with Crippen LogP contribution < -0.4 is 10.2 Å². The number of amides is 2. The molecule has 0 saturated carbocycles. The number of carboxylic acids is 2. The van der Waals surface area contributed by atoms with Crippen molar-refractivity contribution >= 4 is 23.7 Å². The van der Waals surface area contributed by atoms with E-state index in [1.165, 1.54) is 4.90 Å². The van der Waals surface area contributed by atoms with Gasteiger partial charge in [-0.2, -0.15) is 0 Å². The lowest BCUT2D eigenvalue weighted by Gasteiger charge is -2.21. The molecule has 1 aliphatic heterocycles. The first kappa shape index (κ1) is 14.8. The second-order valence-corrected chi connectivity index (χ2v) is 4.80. The van der Waals surface area contributed by atoms with Crippen molar-refractivity contribution in [2.45, 2.75) is 25.3 Å². The number of benzene rings is 1. The molecule has 2 rings (SSSR count). The lowest BCUT2D eigenvalue weighted by molar-refractivity contribution is -0.140. The molecule has 0 spiro atoms. The van der Waals surface area contributed by atoms with Crippen LogP contribution >= 0.6 is 0 Å². The number of nitrogens with one attached hydrogen (secondary N) is 1. The van der Waals surface area contributed by atoms with Crippen molar-refractivity contribution in [3.63, 3.8) is 0 Å². The number of hydrogen-bond acceptors (Lipinski definition) is 3. The van der Waals surface area contributed by atoms with Gasteiger partial charge in [0.1, 0.15) is 6.04 Å². The van der Waals surface area contributed by atoms with Crippen LogP contribution in [0.15, 0.2) is 24.3 Å². The molecule has 0 aliphatic carbocycles. The fourth-order valence-electron chi connectivity index (χ4n) is 2.30. The van der Waals surface area contributed by atoms with Crippen molar-refractivity contribution in [3.05, 3.63) is 29.8 Å². The maximum atomic E-state index is 12.2. The van der Waals surface area contributed by atoms with Crippen molar-refractivity contribution in [2.75, 3.05) is 11.4 Å². The van der Waals surface area contributed by atoms with Gasteiger partial charge in [-0.15, -0.1) is 0 Å². The van der Waals surface area contributed by atoms with Crippen molar-refractivity contribution in [1.82, 2.24) is 5.32 Å². The largest absolute Gasteiger partial charge is 0.481 e. The average Bonchev–Trinajstić information content (AvgIpc) is 2.86. The van der Waals surface area contributed by atoms with Crippen LogP contribution in [0.2, 0.25) is 0 Å². The standard InChI is InChI=1S/C14H16N2O5/c17-12(18)6-5-10(13(19)20)15-14(21)16-8-7-9-3-1-2-4-11(9)16/h1-4,10H,5-8H2,(H,15,21)(H,17,18)(H,19,20). The Labute approximate surface area is 121 Å². The van der Waals surface area contributed by atoms with E-state index in [1.54, 1.807) is 6.07 Å². The second kappa shape index (κ2) is 6.25. The molecular formula is C14H16N2O5. The van der Waals surface area contributed by atoms with Gasteiger partial charge in [0.2, 0.25) is 0 Å². The van der Waals surface area contributed by atoms with Crippen molar-refractivity contribution in [2.24, 2.45) is 0 Å². The maximum Gasteiger partial charge on any atom is 0.326 e. The number of fused-ring (bicyclic) bond motifs is 1. The summed E-state index contributed by atoms with van der Waals surface area (Å²) < 4.78 is 0. The van der Waals surface area contributed by atoms with Gasteiger partial charge < -0.3 is 15.5 Å². The van der Waals surface area contributed by atoms with E-state index in [1.807, 2.05) is 18.2 Å². The Kier molecular flexibility index (Phi) is 4.42. The zero-order valence-electron chi connectivity index (χ0n) is 11.3. The zero-order chi connectivity index (χ0) is 15.4. The van der Waals surface area contributed by atoms with E-state index in [4.69, 9.17) is 10.2 Å². The third kappa shape index (κ3) is 3.50. The molecule has 0 saturated heterocycles. The van der Waals surface area contributed by atoms with Gasteiger partial charge in [-0.25, -0.2) is 9.59 Å². The molecule has 2 amide bonds. The minimum atomic E-state index is -1.24. The van der Waals surface area contributed by atoms with E-state index in [9.17, 15) is 14.4 Å². The molecule has 1 aromatic carbocycles. The smallest absolute Gasteiger partial charge is 0.326 e. The topological polar surface area (TPSA) is 107 Å². The van der Waals surface area contributed by atoms with Gasteiger partial charge in [0.15, 0.2) is 0 Å². The number of aliphatic carboxylic acids is 2. The molecule has 1 aliphatic rings.